The maximum atomic E-state index is 2.39. The van der Waals surface area contributed by atoms with Crippen LogP contribution < -0.4 is 0 Å². The van der Waals surface area contributed by atoms with Gasteiger partial charge in [-0.3, -0.25) is 0 Å². The first-order valence-corrected chi connectivity index (χ1v) is 9.82. The molecule has 0 radical (unpaired) electrons. The van der Waals surface area contributed by atoms with Gasteiger partial charge in [0.15, 0.2) is 0 Å². The minimum atomic E-state index is 0.212. The second kappa shape index (κ2) is 5.58. The fourth-order valence-electron chi connectivity index (χ4n) is 5.19. The summed E-state index contributed by atoms with van der Waals surface area (Å²) in [5.41, 5.74) is 9.33. The fraction of sp³-hybridized carbons (Fsp3) is 0.308. The van der Waals surface area contributed by atoms with Crippen molar-refractivity contribution in [2.45, 2.75) is 50.4 Å². The molecule has 3 aromatic rings. The third-order valence-corrected chi connectivity index (χ3v) is 6.51. The Hall–Kier alpha value is -2.34. The molecule has 0 saturated heterocycles. The SMILES string of the molecule is CC(C)(C)c1ccc(C2CC3c4ccccc4C2c2ccccc23)cc1. The maximum Gasteiger partial charge on any atom is 0.0164 e. The van der Waals surface area contributed by atoms with Gasteiger partial charge >= 0.3 is 0 Å². The minimum absolute atomic E-state index is 0.212. The molecule has 2 bridgehead atoms. The van der Waals surface area contributed by atoms with Crippen LogP contribution in [0.4, 0.5) is 0 Å². The van der Waals surface area contributed by atoms with E-state index in [1.807, 2.05) is 0 Å². The van der Waals surface area contributed by atoms with Crippen LogP contribution in [0.5, 0.6) is 0 Å². The van der Waals surface area contributed by atoms with E-state index in [2.05, 4.69) is 93.6 Å². The zero-order valence-corrected chi connectivity index (χ0v) is 15.9. The molecule has 0 spiro atoms. The summed E-state index contributed by atoms with van der Waals surface area (Å²) >= 11 is 0. The lowest BCUT2D eigenvalue weighted by Gasteiger charge is -2.46. The smallest absolute Gasteiger partial charge is 0.0164 e. The normalized spacial score (nSPS) is 23.4. The molecule has 1 atom stereocenters. The molecule has 130 valence electrons. The second-order valence-corrected chi connectivity index (χ2v) is 9.00. The van der Waals surface area contributed by atoms with Crippen molar-refractivity contribution in [2.75, 3.05) is 0 Å². The van der Waals surface area contributed by atoms with E-state index in [1.54, 1.807) is 22.3 Å². The third-order valence-electron chi connectivity index (χ3n) is 6.51. The van der Waals surface area contributed by atoms with Crippen LogP contribution in [0.25, 0.3) is 0 Å². The molecule has 3 aliphatic rings. The molecule has 0 saturated carbocycles. The van der Waals surface area contributed by atoms with Gasteiger partial charge in [0.1, 0.15) is 0 Å². The van der Waals surface area contributed by atoms with Crippen LogP contribution in [0.15, 0.2) is 72.8 Å². The molecule has 0 amide bonds. The van der Waals surface area contributed by atoms with E-state index >= 15 is 0 Å². The highest BCUT2D eigenvalue weighted by molar-refractivity contribution is 5.58. The van der Waals surface area contributed by atoms with Crippen molar-refractivity contribution in [1.29, 1.82) is 0 Å². The first kappa shape index (κ1) is 15.9. The van der Waals surface area contributed by atoms with Crippen molar-refractivity contribution >= 4 is 0 Å². The van der Waals surface area contributed by atoms with E-state index in [-0.39, 0.29) is 5.41 Å². The summed E-state index contributed by atoms with van der Waals surface area (Å²) in [4.78, 5) is 0. The Morgan fingerprint density at radius 3 is 1.65 bits per heavy atom. The molecule has 0 heteroatoms. The topological polar surface area (TPSA) is 0 Å². The van der Waals surface area contributed by atoms with Crippen LogP contribution in [-0.4, -0.2) is 0 Å². The highest BCUT2D eigenvalue weighted by Gasteiger charge is 2.43. The third kappa shape index (κ3) is 2.28. The monoisotopic (exact) mass is 338 g/mol. The molecule has 0 heterocycles. The van der Waals surface area contributed by atoms with Gasteiger partial charge < -0.3 is 0 Å². The number of hydrogen-bond donors (Lipinski definition) is 0. The van der Waals surface area contributed by atoms with Crippen LogP contribution in [0.3, 0.4) is 0 Å². The summed E-state index contributed by atoms with van der Waals surface area (Å²) in [5.74, 6) is 1.62. The molecular weight excluding hydrogens is 312 g/mol. The molecule has 0 fully saturated rings. The second-order valence-electron chi connectivity index (χ2n) is 9.00. The van der Waals surface area contributed by atoms with Gasteiger partial charge in [0.05, 0.1) is 0 Å². The van der Waals surface area contributed by atoms with E-state index in [0.29, 0.717) is 17.8 Å². The summed E-state index contributed by atoms with van der Waals surface area (Å²) in [5, 5.41) is 0. The lowest BCUT2D eigenvalue weighted by molar-refractivity contribution is 0.449. The van der Waals surface area contributed by atoms with Crippen LogP contribution in [0, 0.1) is 0 Å². The lowest BCUT2D eigenvalue weighted by Crippen LogP contribution is -2.30. The molecule has 0 N–H and O–H groups in total. The first-order chi connectivity index (χ1) is 12.5. The van der Waals surface area contributed by atoms with E-state index < -0.39 is 0 Å². The highest BCUT2D eigenvalue weighted by atomic mass is 14.5. The Balaban J connectivity index is 1.63. The summed E-state index contributed by atoms with van der Waals surface area (Å²) in [6, 6.07) is 27.7. The zero-order chi connectivity index (χ0) is 17.9. The molecule has 1 unspecified atom stereocenters. The van der Waals surface area contributed by atoms with Gasteiger partial charge in [-0.05, 0) is 51.1 Å². The standard InChI is InChI=1S/C26H26/c1-26(2,3)18-14-12-17(13-15-18)23-16-24-19-8-4-6-10-21(19)25(23)22-11-7-5-9-20(22)24/h4-15,23-25H,16H2,1-3H3. The maximum absolute atomic E-state index is 2.39. The Bertz CT molecular complexity index is 908. The summed E-state index contributed by atoms with van der Waals surface area (Å²) in [6.45, 7) is 6.87. The average molecular weight is 338 g/mol. The Morgan fingerprint density at radius 1 is 0.654 bits per heavy atom. The first-order valence-electron chi connectivity index (χ1n) is 9.82. The van der Waals surface area contributed by atoms with Crippen molar-refractivity contribution in [3.05, 3.63) is 106 Å². The van der Waals surface area contributed by atoms with E-state index in [0.717, 1.165) is 0 Å². The average Bonchev–Trinajstić information content (AvgIpc) is 2.67. The Labute approximate surface area is 156 Å². The van der Waals surface area contributed by atoms with E-state index in [9.17, 15) is 0 Å². The van der Waals surface area contributed by atoms with Gasteiger partial charge in [0.2, 0.25) is 0 Å². The predicted octanol–water partition coefficient (Wildman–Crippen LogP) is 6.75. The molecule has 3 aromatic carbocycles. The lowest BCUT2D eigenvalue weighted by atomic mass is 9.58. The molecule has 3 aliphatic carbocycles. The number of hydrogen-bond acceptors (Lipinski definition) is 0. The van der Waals surface area contributed by atoms with Crippen LogP contribution in [-0.2, 0) is 5.41 Å². The Morgan fingerprint density at radius 2 is 1.15 bits per heavy atom. The Kier molecular flexibility index (Phi) is 3.41. The summed E-state index contributed by atoms with van der Waals surface area (Å²) in [7, 11) is 0. The summed E-state index contributed by atoms with van der Waals surface area (Å²) in [6.07, 6.45) is 1.23. The van der Waals surface area contributed by atoms with Crippen molar-refractivity contribution in [3.63, 3.8) is 0 Å². The van der Waals surface area contributed by atoms with Crippen LogP contribution in [0.1, 0.15) is 78.3 Å². The van der Waals surface area contributed by atoms with Gasteiger partial charge in [-0.15, -0.1) is 0 Å². The van der Waals surface area contributed by atoms with Gasteiger partial charge in [0.25, 0.3) is 0 Å². The van der Waals surface area contributed by atoms with Gasteiger partial charge in [0, 0.05) is 11.8 Å². The highest BCUT2D eigenvalue weighted by Crippen LogP contribution is 2.58. The summed E-state index contributed by atoms with van der Waals surface area (Å²) < 4.78 is 0. The minimum Gasteiger partial charge on any atom is -0.0620 e. The quantitative estimate of drug-likeness (QED) is 0.460. The van der Waals surface area contributed by atoms with Gasteiger partial charge in [-0.2, -0.15) is 0 Å². The zero-order valence-electron chi connectivity index (χ0n) is 15.9. The number of rotatable bonds is 1. The van der Waals surface area contributed by atoms with Gasteiger partial charge in [-0.25, -0.2) is 0 Å². The van der Waals surface area contributed by atoms with E-state index in [4.69, 9.17) is 0 Å². The molecular formula is C26H26. The molecule has 6 rings (SSSR count). The van der Waals surface area contributed by atoms with Crippen molar-refractivity contribution in [1.82, 2.24) is 0 Å². The van der Waals surface area contributed by atoms with Crippen LogP contribution >= 0.6 is 0 Å². The van der Waals surface area contributed by atoms with E-state index in [1.165, 1.54) is 17.5 Å². The van der Waals surface area contributed by atoms with Crippen molar-refractivity contribution in [3.8, 4) is 0 Å². The predicted molar refractivity (Wildman–Crippen MR) is 109 cm³/mol. The fourth-order valence-corrected chi connectivity index (χ4v) is 5.19. The molecule has 0 nitrogen and oxygen atoms in total. The van der Waals surface area contributed by atoms with Gasteiger partial charge in [-0.1, -0.05) is 93.6 Å². The number of fused-ring (bicyclic) bond motifs is 1. The molecule has 26 heavy (non-hydrogen) atoms. The van der Waals surface area contributed by atoms with Crippen molar-refractivity contribution in [2.24, 2.45) is 0 Å². The largest absolute Gasteiger partial charge is 0.0620 e. The van der Waals surface area contributed by atoms with Crippen molar-refractivity contribution < 1.29 is 0 Å². The van der Waals surface area contributed by atoms with Crippen LogP contribution in [0.2, 0.25) is 0 Å². The number of benzene rings is 3. The molecule has 0 aliphatic heterocycles. The molecule has 0 aromatic heterocycles.